The molecule has 0 unspecified atom stereocenters. The van der Waals surface area contributed by atoms with Gasteiger partial charge in [-0.25, -0.2) is 0 Å². The van der Waals surface area contributed by atoms with E-state index in [-0.39, 0.29) is 11.8 Å². The number of hydrogen-bond acceptors (Lipinski definition) is 4. The maximum absolute atomic E-state index is 11.7. The minimum absolute atomic E-state index is 0.0388. The van der Waals surface area contributed by atoms with Crippen LogP contribution in [0.15, 0.2) is 24.3 Å². The third-order valence-corrected chi connectivity index (χ3v) is 3.46. The number of nitrogens with zero attached hydrogens (tertiary/aromatic N) is 1. The number of nitrogens with one attached hydrogen (secondary N) is 1. The number of rotatable bonds is 6. The third kappa shape index (κ3) is 3.95. The summed E-state index contributed by atoms with van der Waals surface area (Å²) >= 11 is 0. The molecule has 1 heterocycles. The van der Waals surface area contributed by atoms with Crippen molar-refractivity contribution in [2.24, 2.45) is 5.92 Å². The van der Waals surface area contributed by atoms with Crippen LogP contribution in [0.2, 0.25) is 0 Å². The van der Waals surface area contributed by atoms with Crippen LogP contribution < -0.4 is 10.1 Å². The molecule has 1 atom stereocenters. The quantitative estimate of drug-likeness (QED) is 0.801. The molecule has 1 amide bonds. The van der Waals surface area contributed by atoms with Gasteiger partial charge in [-0.1, -0.05) is 12.1 Å². The molecule has 1 aliphatic heterocycles. The fraction of sp³-hybridized carbons (Fsp3) is 0.533. The molecule has 1 fully saturated rings. The largest absolute Gasteiger partial charge is 0.497 e. The average molecular weight is 278 g/mol. The molecule has 0 saturated carbocycles. The lowest BCUT2D eigenvalue weighted by molar-refractivity contribution is -0.130. The fourth-order valence-electron chi connectivity index (χ4n) is 2.25. The van der Waals surface area contributed by atoms with Gasteiger partial charge in [0.05, 0.1) is 19.1 Å². The van der Waals surface area contributed by atoms with Gasteiger partial charge in [0.1, 0.15) is 5.75 Å². The van der Waals surface area contributed by atoms with E-state index < -0.39 is 6.10 Å². The summed E-state index contributed by atoms with van der Waals surface area (Å²) < 4.78 is 5.12. The number of methoxy groups -OCH3 is 1. The van der Waals surface area contributed by atoms with Gasteiger partial charge in [0.15, 0.2) is 0 Å². The minimum atomic E-state index is -0.491. The lowest BCUT2D eigenvalue weighted by atomic mass is 9.98. The van der Waals surface area contributed by atoms with Gasteiger partial charge in [-0.3, -0.25) is 9.69 Å². The second-order valence-electron chi connectivity index (χ2n) is 5.33. The van der Waals surface area contributed by atoms with Crippen molar-refractivity contribution >= 4 is 5.91 Å². The molecule has 0 aromatic heterocycles. The van der Waals surface area contributed by atoms with Crippen molar-refractivity contribution in [1.82, 2.24) is 10.2 Å². The van der Waals surface area contributed by atoms with E-state index in [1.165, 1.54) is 5.56 Å². The summed E-state index contributed by atoms with van der Waals surface area (Å²) in [5, 5.41) is 11.9. The van der Waals surface area contributed by atoms with Crippen molar-refractivity contribution in [3.63, 3.8) is 0 Å². The van der Waals surface area contributed by atoms with Gasteiger partial charge in [0.25, 0.3) is 0 Å². The first kappa shape index (κ1) is 14.8. The van der Waals surface area contributed by atoms with Crippen molar-refractivity contribution in [3.8, 4) is 5.75 Å². The molecule has 0 spiro atoms. The van der Waals surface area contributed by atoms with E-state index in [0.29, 0.717) is 6.54 Å². The Morgan fingerprint density at radius 2 is 2.10 bits per heavy atom. The van der Waals surface area contributed by atoms with Crippen molar-refractivity contribution in [2.75, 3.05) is 26.7 Å². The summed E-state index contributed by atoms with van der Waals surface area (Å²) in [6, 6.07) is 7.98. The molecule has 0 radical (unpaired) electrons. The zero-order chi connectivity index (χ0) is 14.5. The fourth-order valence-corrected chi connectivity index (χ4v) is 2.25. The molecule has 20 heavy (non-hydrogen) atoms. The third-order valence-electron chi connectivity index (χ3n) is 3.46. The van der Waals surface area contributed by atoms with E-state index >= 15 is 0 Å². The Labute approximate surface area is 119 Å². The molecule has 1 aromatic rings. The van der Waals surface area contributed by atoms with E-state index in [2.05, 4.69) is 10.2 Å². The molecule has 2 rings (SSSR count). The molecule has 1 aliphatic rings. The van der Waals surface area contributed by atoms with Gasteiger partial charge < -0.3 is 15.2 Å². The van der Waals surface area contributed by atoms with Crippen LogP contribution in [-0.2, 0) is 11.3 Å². The van der Waals surface area contributed by atoms with Crippen LogP contribution in [0.5, 0.6) is 5.75 Å². The van der Waals surface area contributed by atoms with Crippen LogP contribution >= 0.6 is 0 Å². The molecular weight excluding hydrogens is 256 g/mol. The van der Waals surface area contributed by atoms with E-state index in [0.717, 1.165) is 25.4 Å². The maximum Gasteiger partial charge on any atom is 0.225 e. The Hall–Kier alpha value is -1.59. The van der Waals surface area contributed by atoms with Crippen molar-refractivity contribution < 1.29 is 14.6 Å². The number of ether oxygens (including phenoxy) is 1. The molecule has 1 saturated heterocycles. The average Bonchev–Trinajstić information content (AvgIpc) is 2.40. The maximum atomic E-state index is 11.7. The minimum Gasteiger partial charge on any atom is -0.497 e. The van der Waals surface area contributed by atoms with Crippen LogP contribution in [-0.4, -0.2) is 48.8 Å². The van der Waals surface area contributed by atoms with E-state index in [1.54, 1.807) is 14.0 Å². The molecule has 5 heteroatoms. The first-order chi connectivity index (χ1) is 9.58. The second kappa shape index (κ2) is 6.72. The van der Waals surface area contributed by atoms with Crippen LogP contribution in [0, 0.1) is 5.92 Å². The number of benzene rings is 1. The van der Waals surface area contributed by atoms with Gasteiger partial charge in [-0.15, -0.1) is 0 Å². The first-order valence-electron chi connectivity index (χ1n) is 6.89. The first-order valence-corrected chi connectivity index (χ1v) is 6.89. The number of aliphatic hydroxyl groups excluding tert-OH is 1. The van der Waals surface area contributed by atoms with Crippen LogP contribution in [0.1, 0.15) is 12.5 Å². The van der Waals surface area contributed by atoms with Gasteiger partial charge in [0.2, 0.25) is 5.91 Å². The van der Waals surface area contributed by atoms with Crippen molar-refractivity contribution in [3.05, 3.63) is 29.8 Å². The number of hydrogen-bond donors (Lipinski definition) is 2. The number of aliphatic hydroxyl groups is 1. The summed E-state index contributed by atoms with van der Waals surface area (Å²) in [6.07, 6.45) is -0.491. The smallest absolute Gasteiger partial charge is 0.225 e. The molecule has 5 nitrogen and oxygen atoms in total. The SMILES string of the molecule is COc1ccc(CN2CC(C(=O)NC[C@@H](C)O)C2)cc1. The molecule has 0 bridgehead atoms. The van der Waals surface area contributed by atoms with Gasteiger partial charge in [0, 0.05) is 26.2 Å². The number of amides is 1. The lowest BCUT2D eigenvalue weighted by Crippen LogP contribution is -2.53. The van der Waals surface area contributed by atoms with Gasteiger partial charge >= 0.3 is 0 Å². The Morgan fingerprint density at radius 3 is 2.65 bits per heavy atom. The van der Waals surface area contributed by atoms with E-state index in [1.807, 2.05) is 24.3 Å². The highest BCUT2D eigenvalue weighted by molar-refractivity contribution is 5.80. The van der Waals surface area contributed by atoms with Crippen LogP contribution in [0.4, 0.5) is 0 Å². The van der Waals surface area contributed by atoms with Crippen LogP contribution in [0.25, 0.3) is 0 Å². The molecule has 2 N–H and O–H groups in total. The molecule has 1 aromatic carbocycles. The highest BCUT2D eigenvalue weighted by Crippen LogP contribution is 2.20. The van der Waals surface area contributed by atoms with Crippen molar-refractivity contribution in [1.29, 1.82) is 0 Å². The summed E-state index contributed by atoms with van der Waals surface area (Å²) in [4.78, 5) is 14.0. The van der Waals surface area contributed by atoms with Crippen molar-refractivity contribution in [2.45, 2.75) is 19.6 Å². The van der Waals surface area contributed by atoms with E-state index in [4.69, 9.17) is 9.84 Å². The molecular formula is C15H22N2O3. The summed E-state index contributed by atoms with van der Waals surface area (Å²) in [6.45, 7) is 4.39. The molecule has 110 valence electrons. The summed E-state index contributed by atoms with van der Waals surface area (Å²) in [5.41, 5.74) is 1.22. The van der Waals surface area contributed by atoms with Gasteiger partial charge in [-0.05, 0) is 24.6 Å². The van der Waals surface area contributed by atoms with E-state index in [9.17, 15) is 4.79 Å². The monoisotopic (exact) mass is 278 g/mol. The Morgan fingerprint density at radius 1 is 1.45 bits per heavy atom. The summed E-state index contributed by atoms with van der Waals surface area (Å²) in [7, 11) is 1.65. The van der Waals surface area contributed by atoms with Crippen LogP contribution in [0.3, 0.4) is 0 Å². The highest BCUT2D eigenvalue weighted by atomic mass is 16.5. The zero-order valence-corrected chi connectivity index (χ0v) is 12.0. The zero-order valence-electron chi connectivity index (χ0n) is 12.0. The number of likely N-dealkylation sites (tertiary alicyclic amines) is 1. The van der Waals surface area contributed by atoms with Gasteiger partial charge in [-0.2, -0.15) is 0 Å². The normalized spacial score (nSPS) is 17.4. The Balaban J connectivity index is 1.71. The molecule has 0 aliphatic carbocycles. The number of carbonyl (C=O) groups is 1. The number of carbonyl (C=O) groups excluding carboxylic acids is 1. The summed E-state index contributed by atoms with van der Waals surface area (Å²) in [5.74, 6) is 0.941. The second-order valence-corrected chi connectivity index (χ2v) is 5.33. The predicted octanol–water partition coefficient (Wildman–Crippen LogP) is 0.624. The lowest BCUT2D eigenvalue weighted by Gasteiger charge is -2.38. The standard InChI is InChI=1S/C15H22N2O3/c1-11(18)7-16-15(19)13-9-17(10-13)8-12-3-5-14(20-2)6-4-12/h3-6,11,13,18H,7-10H2,1-2H3,(H,16,19)/t11-/m1/s1. The Kier molecular flexibility index (Phi) is 4.98. The topological polar surface area (TPSA) is 61.8 Å². The Bertz CT molecular complexity index is 439. The predicted molar refractivity (Wildman–Crippen MR) is 76.5 cm³/mol. The highest BCUT2D eigenvalue weighted by Gasteiger charge is 2.32.